The van der Waals surface area contributed by atoms with Crippen molar-refractivity contribution in [1.82, 2.24) is 29.9 Å². The number of aromatic nitrogens is 6. The van der Waals surface area contributed by atoms with E-state index in [1.807, 2.05) is 6.07 Å². The van der Waals surface area contributed by atoms with Crippen molar-refractivity contribution in [2.75, 3.05) is 42.1 Å². The van der Waals surface area contributed by atoms with Crippen LogP contribution in [0.5, 0.6) is 0 Å². The van der Waals surface area contributed by atoms with Gasteiger partial charge in [-0.3, -0.25) is 4.98 Å². The Kier molecular flexibility index (Phi) is 17.7. The summed E-state index contributed by atoms with van der Waals surface area (Å²) in [5.74, 6) is 2.11. The van der Waals surface area contributed by atoms with Gasteiger partial charge in [0.15, 0.2) is 11.6 Å². The highest BCUT2D eigenvalue weighted by molar-refractivity contribution is 6.30. The lowest BCUT2D eigenvalue weighted by Crippen LogP contribution is -2.19. The van der Waals surface area contributed by atoms with Crippen LogP contribution < -0.4 is 21.7 Å². The molecule has 66 heavy (non-hydrogen) atoms. The van der Waals surface area contributed by atoms with Gasteiger partial charge in [-0.25, -0.2) is 29.8 Å². The lowest BCUT2D eigenvalue weighted by molar-refractivity contribution is -0.137. The fraction of sp³-hybridized carbons (Fsp3) is 0.319. The number of nitrogens with zero attached hydrogens (tertiary/aromatic N) is 8. The first-order chi connectivity index (χ1) is 31.3. The summed E-state index contributed by atoms with van der Waals surface area (Å²) in [4.78, 5) is 28.8. The zero-order chi connectivity index (χ0) is 46.4. The van der Waals surface area contributed by atoms with Gasteiger partial charge in [0.25, 0.3) is 0 Å². The van der Waals surface area contributed by atoms with Crippen molar-refractivity contribution in [3.8, 4) is 28.8 Å². The SMILES string of the molecule is C.FC(F)(F)c1ccccc1-c1nc(Cl)c2c(n1)CCCC2.N#Cc1ccc(NCCNc2nc(-c3ccccc3C(F)(F)F)nc3c2CCCC3)nc1.[C-]#[N+]c1ccc(NCCN)nc1. The third-order valence-corrected chi connectivity index (χ3v) is 10.5. The highest BCUT2D eigenvalue weighted by Gasteiger charge is 2.35. The van der Waals surface area contributed by atoms with Crippen LogP contribution in [0.1, 0.15) is 72.3 Å². The van der Waals surface area contributed by atoms with Crippen LogP contribution >= 0.6 is 11.6 Å². The Morgan fingerprint density at radius 2 is 1.17 bits per heavy atom. The van der Waals surface area contributed by atoms with Crippen LogP contribution in [0.3, 0.4) is 0 Å². The molecule has 2 aliphatic carbocycles. The Morgan fingerprint density at radius 3 is 1.70 bits per heavy atom. The third-order valence-electron chi connectivity index (χ3n) is 10.2. The largest absolute Gasteiger partial charge is 0.417 e. The maximum atomic E-state index is 13.5. The van der Waals surface area contributed by atoms with E-state index in [4.69, 9.17) is 29.2 Å². The van der Waals surface area contributed by atoms with Gasteiger partial charge in [0.1, 0.15) is 28.7 Å². The second kappa shape index (κ2) is 23.3. The Hall–Kier alpha value is -6.89. The molecular weight excluding hydrogens is 882 g/mol. The zero-order valence-corrected chi connectivity index (χ0v) is 35.6. The molecule has 0 aliphatic heterocycles. The zero-order valence-electron chi connectivity index (χ0n) is 34.9. The number of hydrogen-bond donors (Lipinski definition) is 4. The molecule has 2 aromatic carbocycles. The first kappa shape index (κ1) is 50.1. The van der Waals surface area contributed by atoms with E-state index in [1.54, 1.807) is 36.4 Å². The summed E-state index contributed by atoms with van der Waals surface area (Å²) in [5, 5.41) is 18.5. The quantitative estimate of drug-likeness (QED) is 0.0447. The highest BCUT2D eigenvalue weighted by Crippen LogP contribution is 2.39. The highest BCUT2D eigenvalue weighted by atomic mass is 35.5. The number of nitriles is 1. The van der Waals surface area contributed by atoms with Gasteiger partial charge in [-0.1, -0.05) is 61.5 Å². The van der Waals surface area contributed by atoms with E-state index in [9.17, 15) is 26.3 Å². The molecule has 0 spiro atoms. The molecule has 0 unspecified atom stereocenters. The lowest BCUT2D eigenvalue weighted by atomic mass is 9.95. The summed E-state index contributed by atoms with van der Waals surface area (Å²) in [6, 6.07) is 19.6. The van der Waals surface area contributed by atoms with Gasteiger partial charge in [-0.15, -0.1) is 0 Å². The van der Waals surface area contributed by atoms with Gasteiger partial charge in [-0.05, 0) is 81.7 Å². The Morgan fingerprint density at radius 1 is 0.652 bits per heavy atom. The van der Waals surface area contributed by atoms with Crippen LogP contribution in [0.2, 0.25) is 5.15 Å². The van der Waals surface area contributed by atoms with E-state index in [0.29, 0.717) is 49.1 Å². The van der Waals surface area contributed by atoms with Crippen LogP contribution in [0.4, 0.5) is 49.5 Å². The average molecular weight is 929 g/mol. The van der Waals surface area contributed by atoms with Crippen molar-refractivity contribution >= 4 is 34.7 Å². The molecule has 0 radical (unpaired) electrons. The number of fused-ring (bicyclic) bond motifs is 2. The van der Waals surface area contributed by atoms with Gasteiger partial charge in [-0.2, -0.15) is 31.6 Å². The minimum Gasteiger partial charge on any atom is -0.369 e. The molecule has 0 bridgehead atoms. The van der Waals surface area contributed by atoms with Crippen molar-refractivity contribution in [3.05, 3.63) is 141 Å². The average Bonchev–Trinajstić information content (AvgIpc) is 3.32. The number of nitrogens with two attached hydrogens (primary N) is 1. The molecule has 0 saturated carbocycles. The van der Waals surface area contributed by atoms with Crippen LogP contribution in [0.15, 0.2) is 85.2 Å². The summed E-state index contributed by atoms with van der Waals surface area (Å²) in [5.41, 5.74) is 8.22. The number of alkyl halides is 6. The maximum absolute atomic E-state index is 13.5. The molecule has 19 heteroatoms. The molecule has 4 heterocycles. The standard InChI is InChI=1S/C23H21F3N6.C15H12ClF3N2.C8H10N4.CH4/c24-23(25,26)18-7-3-1-5-16(18)22-31-19-8-4-2-6-17(19)21(32-22)29-12-11-28-20-10-9-15(13-27)14-30-20;16-13-10-6-2-4-8-12(10)20-14(21-13)9-5-1-3-7-11(9)15(17,18)19;1-10-7-2-3-8(12-6-7)11-5-4-9;/h1,3,5,7,9-10,14H,2,4,6,8,11-12H2,(H,28,30)(H,29,31,32);1,3,5,7H,2,4,6,8H2;2-3,6H,4-5,9H2,(H,11,12);1H4. The second-order valence-corrected chi connectivity index (χ2v) is 15.1. The Balaban J connectivity index is 0.000000206. The molecule has 0 amide bonds. The summed E-state index contributed by atoms with van der Waals surface area (Å²) in [6.07, 6.45) is 1.07. The first-order valence-corrected chi connectivity index (χ1v) is 21.1. The number of hydrogen-bond acceptors (Lipinski definition) is 11. The molecule has 6 aromatic rings. The minimum atomic E-state index is -4.48. The van der Waals surface area contributed by atoms with Crippen molar-refractivity contribution in [2.24, 2.45) is 5.73 Å². The molecule has 5 N–H and O–H groups in total. The smallest absolute Gasteiger partial charge is 0.369 e. The van der Waals surface area contributed by atoms with Crippen LogP contribution in [-0.2, 0) is 38.0 Å². The van der Waals surface area contributed by atoms with Crippen molar-refractivity contribution in [1.29, 1.82) is 5.26 Å². The number of anilines is 3. The molecule has 12 nitrogen and oxygen atoms in total. The van der Waals surface area contributed by atoms with E-state index < -0.39 is 23.5 Å². The number of rotatable bonds is 10. The summed E-state index contributed by atoms with van der Waals surface area (Å²) >= 11 is 6.13. The van der Waals surface area contributed by atoms with Crippen LogP contribution in [0.25, 0.3) is 27.6 Å². The Bertz CT molecular complexity index is 2630. The number of pyridine rings is 2. The van der Waals surface area contributed by atoms with Crippen molar-refractivity contribution in [3.63, 3.8) is 0 Å². The molecule has 0 atom stereocenters. The monoisotopic (exact) mass is 928 g/mol. The van der Waals surface area contributed by atoms with Gasteiger partial charge in [0, 0.05) is 72.2 Å². The lowest BCUT2D eigenvalue weighted by Gasteiger charge is -2.21. The van der Waals surface area contributed by atoms with Gasteiger partial charge >= 0.3 is 12.4 Å². The fourth-order valence-electron chi connectivity index (χ4n) is 7.07. The summed E-state index contributed by atoms with van der Waals surface area (Å²) in [7, 11) is 0. The summed E-state index contributed by atoms with van der Waals surface area (Å²) in [6.45, 7) is 8.98. The number of nitrogens with one attached hydrogen (secondary N) is 3. The number of benzene rings is 2. The molecule has 2 aliphatic rings. The topological polar surface area (TPSA) is 168 Å². The van der Waals surface area contributed by atoms with E-state index in [-0.39, 0.29) is 35.4 Å². The molecule has 4 aromatic heterocycles. The van der Waals surface area contributed by atoms with E-state index >= 15 is 0 Å². The first-order valence-electron chi connectivity index (χ1n) is 20.7. The van der Waals surface area contributed by atoms with Crippen molar-refractivity contribution in [2.45, 2.75) is 71.1 Å². The summed E-state index contributed by atoms with van der Waals surface area (Å²) < 4.78 is 79.8. The third kappa shape index (κ3) is 13.3. The molecular formula is C47H47ClF6N12. The normalized spacial score (nSPS) is 12.8. The fourth-order valence-corrected chi connectivity index (χ4v) is 7.36. The van der Waals surface area contributed by atoms with E-state index in [2.05, 4.69) is 50.7 Å². The van der Waals surface area contributed by atoms with Crippen LogP contribution in [0, 0.1) is 17.9 Å². The molecule has 0 saturated heterocycles. The van der Waals surface area contributed by atoms with Gasteiger partial charge in [0.05, 0.1) is 23.3 Å². The molecule has 8 rings (SSSR count). The molecule has 344 valence electrons. The molecule has 0 fully saturated rings. The van der Waals surface area contributed by atoms with Crippen molar-refractivity contribution < 1.29 is 26.3 Å². The van der Waals surface area contributed by atoms with E-state index in [1.165, 1.54) is 36.7 Å². The number of aryl methyl sites for hydroxylation is 2. The minimum absolute atomic E-state index is 0. The second-order valence-electron chi connectivity index (χ2n) is 14.7. The van der Waals surface area contributed by atoms with E-state index in [0.717, 1.165) is 91.8 Å². The van der Waals surface area contributed by atoms with Crippen LogP contribution in [-0.4, -0.2) is 56.1 Å². The number of halogens is 7. The van der Waals surface area contributed by atoms with Gasteiger partial charge in [0.2, 0.25) is 5.69 Å². The maximum Gasteiger partial charge on any atom is 0.417 e. The predicted octanol–water partition coefficient (Wildman–Crippen LogP) is 11.2. The Labute approximate surface area is 384 Å². The predicted molar refractivity (Wildman–Crippen MR) is 244 cm³/mol. The van der Waals surface area contributed by atoms with Gasteiger partial charge < -0.3 is 21.7 Å².